The van der Waals surface area contributed by atoms with Gasteiger partial charge in [0.15, 0.2) is 0 Å². The number of nitrogens with zero attached hydrogens (tertiary/aromatic N) is 2. The van der Waals surface area contributed by atoms with E-state index in [1.165, 1.54) is 0 Å². The van der Waals surface area contributed by atoms with Crippen molar-refractivity contribution >= 4 is 12.1 Å². The Morgan fingerprint density at radius 3 is 2.46 bits per heavy atom. The Balaban J connectivity index is 2.43. The number of amides is 1. The third-order valence-electron chi connectivity index (χ3n) is 4.25. The molecule has 6 nitrogen and oxygen atoms in total. The number of hydrogen-bond acceptors (Lipinski definition) is 5. The molecule has 0 aromatic carbocycles. The number of hydrogen-bond donors (Lipinski definition) is 0. The van der Waals surface area contributed by atoms with Crippen molar-refractivity contribution in [2.75, 3.05) is 13.2 Å². The molecule has 0 bridgehead atoms. The van der Waals surface area contributed by atoms with Crippen LogP contribution in [0.4, 0.5) is 4.79 Å². The summed E-state index contributed by atoms with van der Waals surface area (Å²) >= 11 is 0. The minimum absolute atomic E-state index is 0.314. The van der Waals surface area contributed by atoms with Crippen LogP contribution in [-0.4, -0.2) is 40.7 Å². The summed E-state index contributed by atoms with van der Waals surface area (Å²) in [5.74, 6) is -0.369. The van der Waals surface area contributed by atoms with Crippen LogP contribution in [0.3, 0.4) is 0 Å². The summed E-state index contributed by atoms with van der Waals surface area (Å²) < 4.78 is 10.7. The third-order valence-corrected chi connectivity index (χ3v) is 4.25. The first-order valence-corrected chi connectivity index (χ1v) is 9.16. The first-order valence-electron chi connectivity index (χ1n) is 9.16. The summed E-state index contributed by atoms with van der Waals surface area (Å²) in [6, 6.07) is 1.83. The Labute approximate surface area is 155 Å². The van der Waals surface area contributed by atoms with Gasteiger partial charge in [-0.1, -0.05) is 20.8 Å². The maximum Gasteiger partial charge on any atom is 0.410 e. The van der Waals surface area contributed by atoms with Gasteiger partial charge in [-0.3, -0.25) is 4.98 Å². The van der Waals surface area contributed by atoms with E-state index in [9.17, 15) is 9.59 Å². The summed E-state index contributed by atoms with van der Waals surface area (Å²) in [5, 5.41) is 0. The molecule has 6 heteroatoms. The molecule has 1 aromatic rings. The van der Waals surface area contributed by atoms with E-state index in [0.717, 1.165) is 17.0 Å². The van der Waals surface area contributed by atoms with Crippen molar-refractivity contribution < 1.29 is 19.1 Å². The Morgan fingerprint density at radius 2 is 1.92 bits per heavy atom. The fourth-order valence-corrected chi connectivity index (χ4v) is 3.22. The molecule has 1 aliphatic heterocycles. The summed E-state index contributed by atoms with van der Waals surface area (Å²) in [4.78, 5) is 31.3. The molecule has 26 heavy (non-hydrogen) atoms. The molecular formula is C20H30N2O4. The van der Waals surface area contributed by atoms with Crippen molar-refractivity contribution in [2.45, 2.75) is 72.4 Å². The zero-order valence-electron chi connectivity index (χ0n) is 16.9. The van der Waals surface area contributed by atoms with E-state index in [1.807, 2.05) is 33.8 Å². The van der Waals surface area contributed by atoms with Crippen LogP contribution in [-0.2, 0) is 27.9 Å². The van der Waals surface area contributed by atoms with Gasteiger partial charge in [-0.15, -0.1) is 0 Å². The first-order chi connectivity index (χ1) is 12.0. The Kier molecular flexibility index (Phi) is 5.64. The van der Waals surface area contributed by atoms with Crippen LogP contribution in [0.25, 0.3) is 0 Å². The SMILES string of the molecule is CCOC(=O)c1cc2c(nc1CC)C(C)(C)CN(C(=O)OC(C)(C)C)C2. The molecule has 0 atom stereocenters. The van der Waals surface area contributed by atoms with Crippen molar-refractivity contribution in [3.05, 3.63) is 28.6 Å². The molecule has 1 aliphatic rings. The lowest BCUT2D eigenvalue weighted by Gasteiger charge is -2.39. The highest BCUT2D eigenvalue weighted by atomic mass is 16.6. The monoisotopic (exact) mass is 362 g/mol. The second-order valence-electron chi connectivity index (χ2n) is 8.28. The van der Waals surface area contributed by atoms with Gasteiger partial charge in [0, 0.05) is 12.0 Å². The van der Waals surface area contributed by atoms with Gasteiger partial charge in [-0.2, -0.15) is 0 Å². The summed E-state index contributed by atoms with van der Waals surface area (Å²) in [7, 11) is 0. The first kappa shape index (κ1) is 20.2. The van der Waals surface area contributed by atoms with Crippen LogP contribution >= 0.6 is 0 Å². The maximum atomic E-state index is 12.5. The Morgan fingerprint density at radius 1 is 1.27 bits per heavy atom. The number of pyridine rings is 1. The quantitative estimate of drug-likeness (QED) is 0.764. The van der Waals surface area contributed by atoms with E-state index in [4.69, 9.17) is 14.5 Å². The highest BCUT2D eigenvalue weighted by Crippen LogP contribution is 2.34. The molecule has 0 saturated carbocycles. The second kappa shape index (κ2) is 7.25. The molecule has 0 N–H and O–H groups in total. The van der Waals surface area contributed by atoms with Crippen molar-refractivity contribution in [1.29, 1.82) is 0 Å². The smallest absolute Gasteiger partial charge is 0.410 e. The van der Waals surface area contributed by atoms with Crippen LogP contribution in [0.5, 0.6) is 0 Å². The van der Waals surface area contributed by atoms with Crippen molar-refractivity contribution in [3.8, 4) is 0 Å². The number of esters is 1. The van der Waals surface area contributed by atoms with Gasteiger partial charge in [0.25, 0.3) is 0 Å². The average molecular weight is 362 g/mol. The molecule has 0 saturated heterocycles. The van der Waals surface area contributed by atoms with Gasteiger partial charge in [-0.25, -0.2) is 9.59 Å². The number of carbonyl (C=O) groups is 2. The van der Waals surface area contributed by atoms with Crippen LogP contribution in [0, 0.1) is 0 Å². The van der Waals surface area contributed by atoms with E-state index < -0.39 is 5.60 Å². The second-order valence-corrected chi connectivity index (χ2v) is 8.28. The predicted molar refractivity (Wildman–Crippen MR) is 99.2 cm³/mol. The van der Waals surface area contributed by atoms with Crippen molar-refractivity contribution in [2.24, 2.45) is 0 Å². The van der Waals surface area contributed by atoms with E-state index in [1.54, 1.807) is 11.8 Å². The molecule has 0 unspecified atom stereocenters. The number of fused-ring (bicyclic) bond motifs is 1. The molecule has 2 rings (SSSR count). The van der Waals surface area contributed by atoms with Gasteiger partial charge in [0.1, 0.15) is 5.60 Å². The summed E-state index contributed by atoms with van der Waals surface area (Å²) in [6.45, 7) is 14.6. The molecule has 0 spiro atoms. The standard InChI is InChI=1S/C20H30N2O4/c1-8-15-14(17(23)25-9-2)10-13-11-22(18(24)26-19(3,4)5)12-20(6,7)16(13)21-15/h10H,8-9,11-12H2,1-7H3. The molecule has 144 valence electrons. The predicted octanol–water partition coefficient (Wildman–Crippen LogP) is 3.85. The molecular weight excluding hydrogens is 332 g/mol. The van der Waals surface area contributed by atoms with Crippen LogP contribution in [0.15, 0.2) is 6.07 Å². The number of aromatic nitrogens is 1. The summed E-state index contributed by atoms with van der Waals surface area (Å²) in [6.07, 6.45) is 0.293. The summed E-state index contributed by atoms with van der Waals surface area (Å²) in [5.41, 5.74) is 2.13. The maximum absolute atomic E-state index is 12.5. The van der Waals surface area contributed by atoms with E-state index in [-0.39, 0.29) is 17.5 Å². The normalized spacial score (nSPS) is 16.0. The molecule has 1 aromatic heterocycles. The number of ether oxygens (including phenoxy) is 2. The number of carbonyl (C=O) groups excluding carboxylic acids is 2. The molecule has 0 aliphatic carbocycles. The lowest BCUT2D eigenvalue weighted by Crippen LogP contribution is -2.47. The average Bonchev–Trinajstić information content (AvgIpc) is 2.51. The fraction of sp³-hybridized carbons (Fsp3) is 0.650. The van der Waals surface area contributed by atoms with E-state index in [0.29, 0.717) is 31.7 Å². The Bertz CT molecular complexity index is 704. The third kappa shape index (κ3) is 4.34. The minimum Gasteiger partial charge on any atom is -0.462 e. The topological polar surface area (TPSA) is 68.7 Å². The molecule has 2 heterocycles. The van der Waals surface area contributed by atoms with Crippen LogP contribution < -0.4 is 0 Å². The lowest BCUT2D eigenvalue weighted by atomic mass is 9.81. The van der Waals surface area contributed by atoms with E-state index in [2.05, 4.69) is 13.8 Å². The highest BCUT2D eigenvalue weighted by molar-refractivity contribution is 5.91. The minimum atomic E-state index is -0.554. The zero-order valence-corrected chi connectivity index (χ0v) is 16.9. The highest BCUT2D eigenvalue weighted by Gasteiger charge is 2.38. The fourth-order valence-electron chi connectivity index (χ4n) is 3.22. The number of rotatable bonds is 3. The van der Waals surface area contributed by atoms with Gasteiger partial charge in [0.05, 0.1) is 30.1 Å². The van der Waals surface area contributed by atoms with Gasteiger partial charge < -0.3 is 14.4 Å². The Hall–Kier alpha value is -2.11. The van der Waals surface area contributed by atoms with Gasteiger partial charge >= 0.3 is 12.1 Å². The zero-order chi connectivity index (χ0) is 19.7. The number of aryl methyl sites for hydroxylation is 1. The van der Waals surface area contributed by atoms with Crippen molar-refractivity contribution in [3.63, 3.8) is 0 Å². The van der Waals surface area contributed by atoms with Crippen molar-refractivity contribution in [1.82, 2.24) is 9.88 Å². The molecule has 1 amide bonds. The van der Waals surface area contributed by atoms with E-state index >= 15 is 0 Å². The van der Waals surface area contributed by atoms with Gasteiger partial charge in [-0.05, 0) is 45.7 Å². The van der Waals surface area contributed by atoms with Crippen LogP contribution in [0.1, 0.15) is 75.8 Å². The lowest BCUT2D eigenvalue weighted by molar-refractivity contribution is 0.0171. The van der Waals surface area contributed by atoms with Crippen LogP contribution in [0.2, 0.25) is 0 Å². The van der Waals surface area contributed by atoms with Gasteiger partial charge in [0.2, 0.25) is 0 Å². The largest absolute Gasteiger partial charge is 0.462 e. The molecule has 0 fully saturated rings. The molecule has 0 radical (unpaired) electrons.